The van der Waals surface area contributed by atoms with Crippen LogP contribution >= 0.6 is 11.6 Å². The van der Waals surface area contributed by atoms with Gasteiger partial charge in [-0.15, -0.1) is 0 Å². The Morgan fingerprint density at radius 2 is 2.15 bits per heavy atom. The van der Waals surface area contributed by atoms with E-state index in [1.54, 1.807) is 0 Å². The molecule has 1 aromatic rings. The van der Waals surface area contributed by atoms with Gasteiger partial charge in [0.15, 0.2) is 0 Å². The lowest BCUT2D eigenvalue weighted by molar-refractivity contribution is 0.232. The first-order chi connectivity index (χ1) is 9.69. The van der Waals surface area contributed by atoms with Gasteiger partial charge in [-0.1, -0.05) is 57.2 Å². The Bertz CT molecular complexity index is 373. The van der Waals surface area contributed by atoms with Crippen LogP contribution < -0.4 is 16.0 Å². The van der Waals surface area contributed by atoms with Crippen LogP contribution in [0.2, 0.25) is 5.02 Å². The maximum Gasteiger partial charge on any atom is 0.120 e. The number of benzene rings is 1. The minimum absolute atomic E-state index is 0.177. The van der Waals surface area contributed by atoms with Crippen molar-refractivity contribution in [3.63, 3.8) is 0 Å². The molecule has 20 heavy (non-hydrogen) atoms. The molecule has 3 N–H and O–H groups in total. The number of halogens is 1. The second kappa shape index (κ2) is 10.0. The lowest BCUT2D eigenvalue weighted by Crippen LogP contribution is -2.41. The van der Waals surface area contributed by atoms with Gasteiger partial charge in [-0.2, -0.15) is 0 Å². The minimum Gasteiger partial charge on any atom is -0.492 e. The third kappa shape index (κ3) is 6.60. The van der Waals surface area contributed by atoms with E-state index in [1.807, 2.05) is 24.3 Å². The summed E-state index contributed by atoms with van der Waals surface area (Å²) in [5.74, 6) is 7.14. The van der Waals surface area contributed by atoms with Gasteiger partial charge in [0.1, 0.15) is 12.4 Å². The molecule has 2 unspecified atom stereocenters. The molecule has 0 fully saturated rings. The van der Waals surface area contributed by atoms with E-state index in [1.165, 1.54) is 25.7 Å². The van der Waals surface area contributed by atoms with E-state index in [-0.39, 0.29) is 6.04 Å². The highest BCUT2D eigenvalue weighted by Crippen LogP contribution is 2.20. The van der Waals surface area contributed by atoms with Crippen molar-refractivity contribution < 1.29 is 4.74 Å². The molecule has 3 nitrogen and oxygen atoms in total. The van der Waals surface area contributed by atoms with Crippen molar-refractivity contribution in [2.45, 2.75) is 52.0 Å². The van der Waals surface area contributed by atoms with Gasteiger partial charge in [0.25, 0.3) is 0 Å². The van der Waals surface area contributed by atoms with Gasteiger partial charge in [-0.25, -0.2) is 0 Å². The topological polar surface area (TPSA) is 47.3 Å². The normalized spacial score (nSPS) is 14.0. The zero-order chi connectivity index (χ0) is 14.8. The molecule has 1 aromatic carbocycles. The Morgan fingerprint density at radius 1 is 1.35 bits per heavy atom. The van der Waals surface area contributed by atoms with Gasteiger partial charge < -0.3 is 4.74 Å². The number of hydrazine groups is 1. The number of nitrogens with two attached hydrogens (primary N) is 1. The molecule has 114 valence electrons. The second-order valence-corrected chi connectivity index (χ2v) is 5.72. The van der Waals surface area contributed by atoms with Gasteiger partial charge in [-0.05, 0) is 30.5 Å². The van der Waals surface area contributed by atoms with Crippen LogP contribution in [0.4, 0.5) is 0 Å². The molecule has 2 atom stereocenters. The molecular formula is C16H27ClN2O. The van der Waals surface area contributed by atoms with Gasteiger partial charge in [0, 0.05) is 5.02 Å². The SMILES string of the molecule is CCCCC(CC)CC(COc1cccc(Cl)c1)NN. The number of hydrogen-bond donors (Lipinski definition) is 2. The lowest BCUT2D eigenvalue weighted by Gasteiger charge is -2.22. The number of unbranched alkanes of at least 4 members (excludes halogenated alkanes) is 1. The van der Waals surface area contributed by atoms with E-state index in [0.717, 1.165) is 12.2 Å². The molecule has 0 aromatic heterocycles. The maximum absolute atomic E-state index is 5.94. The van der Waals surface area contributed by atoms with Crippen molar-refractivity contribution in [1.29, 1.82) is 0 Å². The van der Waals surface area contributed by atoms with E-state index in [9.17, 15) is 0 Å². The highest BCUT2D eigenvalue weighted by Gasteiger charge is 2.14. The van der Waals surface area contributed by atoms with Gasteiger partial charge >= 0.3 is 0 Å². The van der Waals surface area contributed by atoms with Crippen molar-refractivity contribution in [2.24, 2.45) is 11.8 Å². The fraction of sp³-hybridized carbons (Fsp3) is 0.625. The highest BCUT2D eigenvalue weighted by atomic mass is 35.5. The first kappa shape index (κ1) is 17.3. The quantitative estimate of drug-likeness (QED) is 0.504. The molecule has 1 rings (SSSR count). The van der Waals surface area contributed by atoms with Crippen molar-refractivity contribution in [3.05, 3.63) is 29.3 Å². The predicted molar refractivity (Wildman–Crippen MR) is 86.0 cm³/mol. The summed E-state index contributed by atoms with van der Waals surface area (Å²) in [4.78, 5) is 0. The van der Waals surface area contributed by atoms with Crippen molar-refractivity contribution >= 4 is 11.6 Å². The standard InChI is InChI=1S/C16H27ClN2O/c1-3-5-7-13(4-2)10-15(19-18)12-20-16-9-6-8-14(17)11-16/h6,8-9,11,13,15,19H,3-5,7,10,12,18H2,1-2H3. The predicted octanol–water partition coefficient (Wildman–Crippen LogP) is 4.16. The van der Waals surface area contributed by atoms with Crippen LogP contribution in [0.15, 0.2) is 24.3 Å². The molecular weight excluding hydrogens is 272 g/mol. The average molecular weight is 299 g/mol. The number of hydrogen-bond acceptors (Lipinski definition) is 3. The molecule has 0 aliphatic carbocycles. The van der Waals surface area contributed by atoms with Crippen LogP contribution in [0.3, 0.4) is 0 Å². The molecule has 0 heterocycles. The Balaban J connectivity index is 2.41. The van der Waals surface area contributed by atoms with E-state index in [2.05, 4.69) is 19.3 Å². The smallest absolute Gasteiger partial charge is 0.120 e. The Hall–Kier alpha value is -0.770. The number of nitrogens with one attached hydrogen (secondary N) is 1. The van der Waals surface area contributed by atoms with Crippen molar-refractivity contribution in [3.8, 4) is 5.75 Å². The highest BCUT2D eigenvalue weighted by molar-refractivity contribution is 6.30. The summed E-state index contributed by atoms with van der Waals surface area (Å²) in [6.07, 6.45) is 6.03. The molecule has 0 bridgehead atoms. The van der Waals surface area contributed by atoms with Gasteiger partial charge in [0.05, 0.1) is 6.04 Å². The summed E-state index contributed by atoms with van der Waals surface area (Å²) >= 11 is 5.94. The summed E-state index contributed by atoms with van der Waals surface area (Å²) in [7, 11) is 0. The minimum atomic E-state index is 0.177. The van der Waals surface area contributed by atoms with Gasteiger partial charge in [0.2, 0.25) is 0 Å². The van der Waals surface area contributed by atoms with Crippen LogP contribution in [0.25, 0.3) is 0 Å². The lowest BCUT2D eigenvalue weighted by atomic mass is 9.92. The van der Waals surface area contributed by atoms with Crippen molar-refractivity contribution in [2.75, 3.05) is 6.61 Å². The average Bonchev–Trinajstić information content (AvgIpc) is 2.47. The molecule has 0 saturated heterocycles. The number of rotatable bonds is 10. The summed E-state index contributed by atoms with van der Waals surface area (Å²) in [5.41, 5.74) is 2.87. The summed E-state index contributed by atoms with van der Waals surface area (Å²) in [5, 5.41) is 0.689. The second-order valence-electron chi connectivity index (χ2n) is 5.28. The molecule has 0 spiro atoms. The summed E-state index contributed by atoms with van der Waals surface area (Å²) < 4.78 is 5.76. The van der Waals surface area contributed by atoms with E-state index in [0.29, 0.717) is 17.5 Å². The third-order valence-corrected chi connectivity index (χ3v) is 3.88. The zero-order valence-electron chi connectivity index (χ0n) is 12.6. The molecule has 0 aliphatic heterocycles. The van der Waals surface area contributed by atoms with Crippen LogP contribution in [-0.4, -0.2) is 12.6 Å². The van der Waals surface area contributed by atoms with Crippen molar-refractivity contribution in [1.82, 2.24) is 5.43 Å². The molecule has 4 heteroatoms. The molecule has 0 radical (unpaired) electrons. The third-order valence-electron chi connectivity index (χ3n) is 3.64. The van der Waals surface area contributed by atoms with Crippen LogP contribution in [0, 0.1) is 5.92 Å². The maximum atomic E-state index is 5.94. The largest absolute Gasteiger partial charge is 0.492 e. The first-order valence-electron chi connectivity index (χ1n) is 7.54. The summed E-state index contributed by atoms with van der Waals surface area (Å²) in [6.45, 7) is 5.04. The van der Waals surface area contributed by atoms with E-state index >= 15 is 0 Å². The fourth-order valence-corrected chi connectivity index (χ4v) is 2.50. The molecule has 0 amide bonds. The molecule has 0 saturated carbocycles. The Labute approximate surface area is 127 Å². The van der Waals surface area contributed by atoms with Crippen LogP contribution in [-0.2, 0) is 0 Å². The van der Waals surface area contributed by atoms with E-state index in [4.69, 9.17) is 22.2 Å². The van der Waals surface area contributed by atoms with Gasteiger partial charge in [-0.3, -0.25) is 11.3 Å². The summed E-state index contributed by atoms with van der Waals surface area (Å²) in [6, 6.07) is 7.64. The Morgan fingerprint density at radius 3 is 2.75 bits per heavy atom. The molecule has 0 aliphatic rings. The van der Waals surface area contributed by atoms with E-state index < -0.39 is 0 Å². The first-order valence-corrected chi connectivity index (χ1v) is 7.91. The van der Waals surface area contributed by atoms with Crippen LogP contribution in [0.5, 0.6) is 5.75 Å². The van der Waals surface area contributed by atoms with Crippen LogP contribution in [0.1, 0.15) is 46.0 Å². The Kier molecular flexibility index (Phi) is 8.67. The fourth-order valence-electron chi connectivity index (χ4n) is 2.32. The number of ether oxygens (including phenoxy) is 1. The monoisotopic (exact) mass is 298 g/mol. The zero-order valence-corrected chi connectivity index (χ0v) is 13.3.